The van der Waals surface area contributed by atoms with E-state index in [1.807, 2.05) is 13.8 Å². The normalized spacial score (nSPS) is 13.7. The van der Waals surface area contributed by atoms with Gasteiger partial charge in [0.25, 0.3) is 0 Å². The molecule has 1 aromatic carbocycles. The van der Waals surface area contributed by atoms with Gasteiger partial charge in [0, 0.05) is 19.7 Å². The molecule has 1 rings (SSSR count). The van der Waals surface area contributed by atoms with Crippen LogP contribution >= 0.6 is 0 Å². The first-order valence-corrected chi connectivity index (χ1v) is 7.70. The molecule has 0 amide bonds. The molecule has 0 aromatic heterocycles. The highest BCUT2D eigenvalue weighted by Crippen LogP contribution is 2.16. The first kappa shape index (κ1) is 16.1. The second-order valence-electron chi connectivity index (χ2n) is 4.74. The molecular weight excluding hydrogens is 264 g/mol. The molecule has 3 N–H and O–H groups in total. The summed E-state index contributed by atoms with van der Waals surface area (Å²) in [6.45, 7) is 4.41. The molecule has 0 bridgehead atoms. The lowest BCUT2D eigenvalue weighted by Crippen LogP contribution is -2.41. The van der Waals surface area contributed by atoms with Crippen molar-refractivity contribution in [2.45, 2.75) is 31.3 Å². The van der Waals surface area contributed by atoms with Crippen LogP contribution in [0, 0.1) is 5.92 Å². The lowest BCUT2D eigenvalue weighted by Gasteiger charge is -2.22. The van der Waals surface area contributed by atoms with Gasteiger partial charge in [-0.25, -0.2) is 13.1 Å². The van der Waals surface area contributed by atoms with Crippen LogP contribution in [0.3, 0.4) is 0 Å². The van der Waals surface area contributed by atoms with Gasteiger partial charge in [-0.2, -0.15) is 0 Å². The summed E-state index contributed by atoms with van der Waals surface area (Å²) in [6.07, 6.45) is 0. The quantitative estimate of drug-likeness (QED) is 0.786. The van der Waals surface area contributed by atoms with Crippen LogP contribution in [-0.2, 0) is 21.3 Å². The van der Waals surface area contributed by atoms with Crippen LogP contribution in [0.25, 0.3) is 0 Å². The van der Waals surface area contributed by atoms with Gasteiger partial charge in [0.1, 0.15) is 0 Å². The minimum atomic E-state index is -3.58. The fourth-order valence-corrected chi connectivity index (χ4v) is 3.36. The third-order valence-corrected chi connectivity index (χ3v) is 4.53. The zero-order valence-corrected chi connectivity index (χ0v) is 12.4. The van der Waals surface area contributed by atoms with E-state index in [0.717, 1.165) is 0 Å². The van der Waals surface area contributed by atoms with Crippen LogP contribution in [0.15, 0.2) is 29.2 Å². The Labute approximate surface area is 115 Å². The third-order valence-electron chi connectivity index (χ3n) is 2.94. The first-order chi connectivity index (χ1) is 8.92. The van der Waals surface area contributed by atoms with Crippen molar-refractivity contribution in [2.24, 2.45) is 11.7 Å². The van der Waals surface area contributed by atoms with E-state index in [1.165, 1.54) is 0 Å². The van der Waals surface area contributed by atoms with Crippen LogP contribution in [0.4, 0.5) is 0 Å². The maximum atomic E-state index is 12.4. The summed E-state index contributed by atoms with van der Waals surface area (Å²) in [5.74, 6) is 0.139. The first-order valence-electron chi connectivity index (χ1n) is 6.21. The van der Waals surface area contributed by atoms with Crippen molar-refractivity contribution < 1.29 is 13.2 Å². The molecule has 19 heavy (non-hydrogen) atoms. The monoisotopic (exact) mass is 286 g/mol. The zero-order chi connectivity index (χ0) is 14.5. The summed E-state index contributed by atoms with van der Waals surface area (Å²) >= 11 is 0. The largest absolute Gasteiger partial charge is 0.383 e. The summed E-state index contributed by atoms with van der Waals surface area (Å²) in [5, 5.41) is 0. The molecule has 0 spiro atoms. The Hall–Kier alpha value is -0.950. The molecular formula is C13H22N2O3S. The van der Waals surface area contributed by atoms with E-state index < -0.39 is 10.0 Å². The Morgan fingerprint density at radius 1 is 1.32 bits per heavy atom. The van der Waals surface area contributed by atoms with Gasteiger partial charge in [0.2, 0.25) is 10.0 Å². The predicted molar refractivity (Wildman–Crippen MR) is 75.2 cm³/mol. The molecule has 1 unspecified atom stereocenters. The molecule has 0 aliphatic carbocycles. The summed E-state index contributed by atoms with van der Waals surface area (Å²) in [4.78, 5) is 0.235. The Morgan fingerprint density at radius 2 is 1.95 bits per heavy atom. The van der Waals surface area contributed by atoms with Crippen LogP contribution in [0.2, 0.25) is 0 Å². The third kappa shape index (κ3) is 4.28. The molecule has 0 fully saturated rings. The molecule has 0 aliphatic heterocycles. The number of nitrogens with two attached hydrogens (primary N) is 1. The molecule has 0 heterocycles. The van der Waals surface area contributed by atoms with Crippen molar-refractivity contribution in [1.29, 1.82) is 0 Å². The highest BCUT2D eigenvalue weighted by Gasteiger charge is 2.24. The Morgan fingerprint density at radius 3 is 2.47 bits per heavy atom. The Bertz CT molecular complexity index is 500. The molecule has 0 saturated heterocycles. The molecule has 0 aliphatic rings. The van der Waals surface area contributed by atoms with Gasteiger partial charge in [-0.3, -0.25) is 0 Å². The fraction of sp³-hybridized carbons (Fsp3) is 0.538. The second kappa shape index (κ2) is 7.00. The average molecular weight is 286 g/mol. The molecule has 0 saturated carbocycles. The Balaban J connectivity index is 3.03. The maximum Gasteiger partial charge on any atom is 0.241 e. The molecule has 0 radical (unpaired) electrons. The Kier molecular flexibility index (Phi) is 5.93. The molecule has 6 heteroatoms. The average Bonchev–Trinajstić information content (AvgIpc) is 2.38. The number of ether oxygens (including phenoxy) is 1. The van der Waals surface area contributed by atoms with Gasteiger partial charge in [-0.1, -0.05) is 32.0 Å². The van der Waals surface area contributed by atoms with Gasteiger partial charge >= 0.3 is 0 Å². The topological polar surface area (TPSA) is 81.4 Å². The van der Waals surface area contributed by atoms with Crippen molar-refractivity contribution in [3.63, 3.8) is 0 Å². The molecule has 1 atom stereocenters. The van der Waals surface area contributed by atoms with E-state index in [1.54, 1.807) is 31.4 Å². The van der Waals surface area contributed by atoms with Gasteiger partial charge < -0.3 is 10.5 Å². The minimum absolute atomic E-state index is 0.139. The van der Waals surface area contributed by atoms with E-state index in [2.05, 4.69) is 4.72 Å². The molecule has 5 nitrogen and oxygen atoms in total. The van der Waals surface area contributed by atoms with E-state index in [4.69, 9.17) is 10.5 Å². The van der Waals surface area contributed by atoms with Gasteiger partial charge in [-0.15, -0.1) is 0 Å². The molecule has 108 valence electrons. The smallest absolute Gasteiger partial charge is 0.241 e. The number of methoxy groups -OCH3 is 1. The highest BCUT2D eigenvalue weighted by atomic mass is 32.2. The number of rotatable bonds is 7. The standard InChI is InChI=1S/C13H22N2O3S/c1-10(2)12(9-18-3)15-19(16,17)13-7-5-4-6-11(13)8-14/h4-7,10,12,15H,8-9,14H2,1-3H3. The number of hydrogen-bond acceptors (Lipinski definition) is 4. The summed E-state index contributed by atoms with van der Waals surface area (Å²) in [6, 6.07) is 6.48. The highest BCUT2D eigenvalue weighted by molar-refractivity contribution is 7.89. The number of hydrogen-bond donors (Lipinski definition) is 2. The van der Waals surface area contributed by atoms with E-state index in [0.29, 0.717) is 12.2 Å². The van der Waals surface area contributed by atoms with Crippen LogP contribution in [0.1, 0.15) is 19.4 Å². The SMILES string of the molecule is COCC(NS(=O)(=O)c1ccccc1CN)C(C)C. The fourth-order valence-electron chi connectivity index (χ4n) is 1.74. The van der Waals surface area contributed by atoms with E-state index >= 15 is 0 Å². The summed E-state index contributed by atoms with van der Waals surface area (Å²) in [5.41, 5.74) is 6.19. The lowest BCUT2D eigenvalue weighted by atomic mass is 10.1. The van der Waals surface area contributed by atoms with E-state index in [9.17, 15) is 8.42 Å². The van der Waals surface area contributed by atoms with Crippen molar-refractivity contribution >= 4 is 10.0 Å². The van der Waals surface area contributed by atoms with Crippen LogP contribution in [0.5, 0.6) is 0 Å². The number of benzene rings is 1. The zero-order valence-electron chi connectivity index (χ0n) is 11.6. The van der Waals surface area contributed by atoms with Crippen LogP contribution in [-0.4, -0.2) is 28.2 Å². The number of nitrogens with one attached hydrogen (secondary N) is 1. The lowest BCUT2D eigenvalue weighted by molar-refractivity contribution is 0.157. The van der Waals surface area contributed by atoms with E-state index in [-0.39, 0.29) is 23.4 Å². The van der Waals surface area contributed by atoms with Gasteiger partial charge in [0.15, 0.2) is 0 Å². The van der Waals surface area contributed by atoms with Crippen molar-refractivity contribution in [2.75, 3.05) is 13.7 Å². The number of sulfonamides is 1. The maximum absolute atomic E-state index is 12.4. The van der Waals surface area contributed by atoms with Crippen molar-refractivity contribution in [3.8, 4) is 0 Å². The van der Waals surface area contributed by atoms with Crippen LogP contribution < -0.4 is 10.5 Å². The predicted octanol–water partition coefficient (Wildman–Crippen LogP) is 1.09. The second-order valence-corrected chi connectivity index (χ2v) is 6.42. The summed E-state index contributed by atoms with van der Waals surface area (Å²) in [7, 11) is -2.03. The minimum Gasteiger partial charge on any atom is -0.383 e. The summed E-state index contributed by atoms with van der Waals surface area (Å²) < 4.78 is 32.5. The van der Waals surface area contributed by atoms with Crippen molar-refractivity contribution in [3.05, 3.63) is 29.8 Å². The van der Waals surface area contributed by atoms with Gasteiger partial charge in [0.05, 0.1) is 11.5 Å². The van der Waals surface area contributed by atoms with Gasteiger partial charge in [-0.05, 0) is 17.5 Å². The van der Waals surface area contributed by atoms with Crippen molar-refractivity contribution in [1.82, 2.24) is 4.72 Å². The molecule has 1 aromatic rings.